The summed E-state index contributed by atoms with van der Waals surface area (Å²) in [7, 11) is 0. The molecule has 4 aromatic rings. The number of aromatic nitrogens is 4. The van der Waals surface area contributed by atoms with Gasteiger partial charge in [-0.3, -0.25) is 4.79 Å². The fraction of sp³-hybridized carbons (Fsp3) is 0.231. The maximum atomic E-state index is 15.2. The Labute approximate surface area is 196 Å². The molecule has 0 radical (unpaired) electrons. The molecule has 0 aliphatic carbocycles. The lowest BCUT2D eigenvalue weighted by Gasteiger charge is -2.34. The summed E-state index contributed by atoms with van der Waals surface area (Å²) in [6.45, 7) is 6.76. The molecule has 0 saturated carbocycles. The second-order valence-electron chi connectivity index (χ2n) is 8.62. The molecule has 172 valence electrons. The standard InChI is InChI=1S/C26H24FN5O2/c1-3-23(33)31-13-7-12-26(31,2)16-32-25-21(15-28-17-29-25)24(30-32)20-11-10-19(14-22(20)27)34-18-8-5-4-6-9-18/h3-6,8-11,14-15,17H,1,7,12-13,16H2,2H3/t26-/m0/s1. The summed E-state index contributed by atoms with van der Waals surface area (Å²) in [4.78, 5) is 22.8. The van der Waals surface area contributed by atoms with Gasteiger partial charge in [-0.25, -0.2) is 19.0 Å². The highest BCUT2D eigenvalue weighted by Gasteiger charge is 2.40. The molecule has 2 aromatic heterocycles. The van der Waals surface area contributed by atoms with Gasteiger partial charge in [0.2, 0.25) is 5.91 Å². The van der Waals surface area contributed by atoms with Gasteiger partial charge in [0.25, 0.3) is 0 Å². The van der Waals surface area contributed by atoms with Crippen LogP contribution < -0.4 is 4.74 Å². The van der Waals surface area contributed by atoms with Gasteiger partial charge < -0.3 is 9.64 Å². The Kier molecular flexibility index (Phi) is 5.57. The summed E-state index contributed by atoms with van der Waals surface area (Å²) in [5.74, 6) is 0.455. The Balaban J connectivity index is 1.51. The fourth-order valence-corrected chi connectivity index (χ4v) is 4.60. The number of carbonyl (C=O) groups is 1. The van der Waals surface area contributed by atoms with Crippen molar-refractivity contribution in [3.05, 3.63) is 79.5 Å². The zero-order valence-corrected chi connectivity index (χ0v) is 18.8. The number of hydrogen-bond donors (Lipinski definition) is 0. The monoisotopic (exact) mass is 457 g/mol. The summed E-state index contributed by atoms with van der Waals surface area (Å²) in [6.07, 6.45) is 6.15. The molecule has 0 bridgehead atoms. The van der Waals surface area contributed by atoms with Gasteiger partial charge >= 0.3 is 0 Å². The molecule has 1 saturated heterocycles. The van der Waals surface area contributed by atoms with Gasteiger partial charge in [-0.2, -0.15) is 5.10 Å². The van der Waals surface area contributed by atoms with E-state index in [0.29, 0.717) is 46.9 Å². The van der Waals surface area contributed by atoms with Gasteiger partial charge in [-0.05, 0) is 50.1 Å². The Bertz CT molecular complexity index is 1370. The summed E-state index contributed by atoms with van der Waals surface area (Å²) >= 11 is 0. The minimum absolute atomic E-state index is 0.105. The number of benzene rings is 2. The third kappa shape index (κ3) is 3.91. The molecule has 8 heteroatoms. The van der Waals surface area contributed by atoms with Gasteiger partial charge in [0, 0.05) is 24.4 Å². The molecule has 1 aliphatic heterocycles. The molecule has 7 nitrogen and oxygen atoms in total. The molecule has 2 aromatic carbocycles. The zero-order valence-electron chi connectivity index (χ0n) is 18.8. The van der Waals surface area contributed by atoms with E-state index in [9.17, 15) is 4.79 Å². The second-order valence-corrected chi connectivity index (χ2v) is 8.62. The van der Waals surface area contributed by atoms with Crippen LogP contribution in [-0.2, 0) is 11.3 Å². The fourth-order valence-electron chi connectivity index (χ4n) is 4.60. The second kappa shape index (κ2) is 8.70. The predicted molar refractivity (Wildman–Crippen MR) is 127 cm³/mol. The minimum Gasteiger partial charge on any atom is -0.457 e. The van der Waals surface area contributed by atoms with Crippen LogP contribution in [0.25, 0.3) is 22.3 Å². The first-order chi connectivity index (χ1) is 16.5. The lowest BCUT2D eigenvalue weighted by Crippen LogP contribution is -2.47. The smallest absolute Gasteiger partial charge is 0.246 e. The highest BCUT2D eigenvalue weighted by molar-refractivity contribution is 5.91. The molecule has 0 spiro atoms. The van der Waals surface area contributed by atoms with Crippen LogP contribution in [0.2, 0.25) is 0 Å². The molecule has 0 N–H and O–H groups in total. The van der Waals surface area contributed by atoms with Gasteiger partial charge in [0.15, 0.2) is 5.65 Å². The minimum atomic E-state index is -0.459. The zero-order chi connectivity index (χ0) is 23.7. The van der Waals surface area contributed by atoms with Crippen LogP contribution in [0.4, 0.5) is 4.39 Å². The van der Waals surface area contributed by atoms with E-state index < -0.39 is 11.4 Å². The maximum absolute atomic E-state index is 15.2. The number of likely N-dealkylation sites (tertiary alicyclic amines) is 1. The molecular formula is C26H24FN5O2. The highest BCUT2D eigenvalue weighted by Crippen LogP contribution is 2.35. The Morgan fingerprint density at radius 1 is 1.24 bits per heavy atom. The van der Waals surface area contributed by atoms with Crippen molar-refractivity contribution in [2.75, 3.05) is 6.54 Å². The first kappa shape index (κ1) is 21.8. The number of halogens is 1. The van der Waals surface area contributed by atoms with Gasteiger partial charge in [-0.15, -0.1) is 0 Å². The first-order valence-electron chi connectivity index (χ1n) is 11.1. The van der Waals surface area contributed by atoms with Crippen molar-refractivity contribution in [3.8, 4) is 22.8 Å². The molecule has 34 heavy (non-hydrogen) atoms. The number of nitrogens with zero attached hydrogens (tertiary/aromatic N) is 5. The molecule has 1 fully saturated rings. The van der Waals surface area contributed by atoms with Crippen LogP contribution in [0.3, 0.4) is 0 Å². The average Bonchev–Trinajstić information content (AvgIpc) is 3.40. The first-order valence-corrected chi connectivity index (χ1v) is 11.1. The number of amides is 1. The van der Waals surface area contributed by atoms with E-state index in [1.165, 1.54) is 18.5 Å². The summed E-state index contributed by atoms with van der Waals surface area (Å²) in [5, 5.41) is 5.37. The third-order valence-electron chi connectivity index (χ3n) is 6.27. The van der Waals surface area contributed by atoms with Crippen LogP contribution in [0, 0.1) is 5.82 Å². The van der Waals surface area contributed by atoms with E-state index in [1.54, 1.807) is 23.0 Å². The normalized spacial score (nSPS) is 17.8. The van der Waals surface area contributed by atoms with E-state index >= 15 is 4.39 Å². The number of carbonyl (C=O) groups excluding carboxylic acids is 1. The van der Waals surface area contributed by atoms with Gasteiger partial charge in [0.05, 0.1) is 17.5 Å². The number of rotatable bonds is 6. The van der Waals surface area contributed by atoms with Crippen LogP contribution >= 0.6 is 0 Å². The van der Waals surface area contributed by atoms with Crippen molar-refractivity contribution in [1.82, 2.24) is 24.6 Å². The molecule has 1 atom stereocenters. The molecule has 1 amide bonds. The van der Waals surface area contributed by atoms with Crippen molar-refractivity contribution in [3.63, 3.8) is 0 Å². The van der Waals surface area contributed by atoms with Gasteiger partial charge in [0.1, 0.15) is 29.3 Å². The average molecular weight is 458 g/mol. The topological polar surface area (TPSA) is 73.1 Å². The van der Waals surface area contributed by atoms with E-state index in [0.717, 1.165) is 12.8 Å². The Morgan fingerprint density at radius 2 is 2.06 bits per heavy atom. The van der Waals surface area contributed by atoms with Crippen LogP contribution in [0.15, 0.2) is 73.7 Å². The largest absolute Gasteiger partial charge is 0.457 e. The van der Waals surface area contributed by atoms with Crippen LogP contribution in [0.1, 0.15) is 19.8 Å². The summed E-state index contributed by atoms with van der Waals surface area (Å²) in [6, 6.07) is 13.9. The maximum Gasteiger partial charge on any atom is 0.246 e. The van der Waals surface area contributed by atoms with Crippen molar-refractivity contribution >= 4 is 16.9 Å². The lowest BCUT2D eigenvalue weighted by atomic mass is 9.99. The quantitative estimate of drug-likeness (QED) is 0.381. The molecule has 1 aliphatic rings. The number of fused-ring (bicyclic) bond motifs is 1. The summed E-state index contributed by atoms with van der Waals surface area (Å²) < 4.78 is 22.7. The molecule has 0 unspecified atom stereocenters. The Morgan fingerprint density at radius 3 is 2.82 bits per heavy atom. The molecule has 3 heterocycles. The van der Waals surface area contributed by atoms with Crippen molar-refractivity contribution in [1.29, 1.82) is 0 Å². The highest BCUT2D eigenvalue weighted by atomic mass is 19.1. The molecular weight excluding hydrogens is 433 g/mol. The number of ether oxygens (including phenoxy) is 1. The lowest BCUT2D eigenvalue weighted by molar-refractivity contribution is -0.129. The Hall–Kier alpha value is -4.07. The van der Waals surface area contributed by atoms with E-state index in [4.69, 9.17) is 9.84 Å². The third-order valence-corrected chi connectivity index (χ3v) is 6.27. The van der Waals surface area contributed by atoms with Crippen LogP contribution in [-0.4, -0.2) is 42.6 Å². The molecule has 5 rings (SSSR count). The summed E-state index contributed by atoms with van der Waals surface area (Å²) in [5.41, 5.74) is 0.920. The van der Waals surface area contributed by atoms with Crippen molar-refractivity contribution in [2.45, 2.75) is 31.8 Å². The van der Waals surface area contributed by atoms with E-state index in [2.05, 4.69) is 16.5 Å². The van der Waals surface area contributed by atoms with E-state index in [1.807, 2.05) is 42.2 Å². The van der Waals surface area contributed by atoms with Crippen molar-refractivity contribution in [2.24, 2.45) is 0 Å². The number of para-hydroxylation sites is 1. The number of hydrogen-bond acceptors (Lipinski definition) is 5. The van der Waals surface area contributed by atoms with Crippen LogP contribution in [0.5, 0.6) is 11.5 Å². The van der Waals surface area contributed by atoms with Gasteiger partial charge in [-0.1, -0.05) is 24.8 Å². The SMILES string of the molecule is C=CC(=O)N1CCC[C@@]1(C)Cn1nc(-c2ccc(Oc3ccccc3)cc2F)c2cncnc21. The van der Waals surface area contributed by atoms with E-state index in [-0.39, 0.29) is 5.91 Å². The predicted octanol–water partition coefficient (Wildman–Crippen LogP) is 4.99. The van der Waals surface area contributed by atoms with Crippen molar-refractivity contribution < 1.29 is 13.9 Å².